The Morgan fingerprint density at radius 1 is 1.28 bits per heavy atom. The van der Waals surface area contributed by atoms with Crippen LogP contribution in [0.15, 0.2) is 0 Å². The summed E-state index contributed by atoms with van der Waals surface area (Å²) in [7, 11) is 0. The van der Waals surface area contributed by atoms with Gasteiger partial charge in [0, 0.05) is 6.61 Å². The minimum absolute atomic E-state index is 0.0894. The van der Waals surface area contributed by atoms with Gasteiger partial charge in [0.2, 0.25) is 0 Å². The number of hydrogen-bond acceptors (Lipinski definition) is 3. The monoisotopic (exact) mass is 251 g/mol. The molecular formula is C13H21N3O2. The van der Waals surface area contributed by atoms with Crippen molar-refractivity contribution in [3.63, 3.8) is 0 Å². The number of nitriles is 1. The third-order valence-electron chi connectivity index (χ3n) is 3.79. The SMILES string of the molecule is N#CC1(NC(=O)NC2CCOC2)CCCCCC1. The van der Waals surface area contributed by atoms with Crippen LogP contribution in [-0.2, 0) is 4.74 Å². The van der Waals surface area contributed by atoms with Crippen LogP contribution in [0.1, 0.15) is 44.9 Å². The Balaban J connectivity index is 1.88. The van der Waals surface area contributed by atoms with Gasteiger partial charge in [0.15, 0.2) is 0 Å². The van der Waals surface area contributed by atoms with Crippen LogP contribution in [0.25, 0.3) is 0 Å². The minimum Gasteiger partial charge on any atom is -0.379 e. The highest BCUT2D eigenvalue weighted by Crippen LogP contribution is 2.26. The lowest BCUT2D eigenvalue weighted by Crippen LogP contribution is -2.53. The predicted molar refractivity (Wildman–Crippen MR) is 66.9 cm³/mol. The highest BCUT2D eigenvalue weighted by atomic mass is 16.5. The van der Waals surface area contributed by atoms with Gasteiger partial charge in [0.05, 0.1) is 18.7 Å². The van der Waals surface area contributed by atoms with Crippen LogP contribution < -0.4 is 10.6 Å². The molecule has 1 saturated heterocycles. The van der Waals surface area contributed by atoms with E-state index < -0.39 is 5.54 Å². The van der Waals surface area contributed by atoms with Crippen molar-refractivity contribution in [2.75, 3.05) is 13.2 Å². The Hall–Kier alpha value is -1.28. The van der Waals surface area contributed by atoms with Crippen molar-refractivity contribution < 1.29 is 9.53 Å². The van der Waals surface area contributed by atoms with Crippen molar-refractivity contribution in [1.29, 1.82) is 5.26 Å². The number of amides is 2. The van der Waals surface area contributed by atoms with Crippen molar-refractivity contribution in [3.8, 4) is 6.07 Å². The van der Waals surface area contributed by atoms with Gasteiger partial charge in [-0.25, -0.2) is 4.79 Å². The van der Waals surface area contributed by atoms with Crippen LogP contribution in [0.4, 0.5) is 4.79 Å². The highest BCUT2D eigenvalue weighted by molar-refractivity contribution is 5.75. The van der Waals surface area contributed by atoms with Gasteiger partial charge >= 0.3 is 6.03 Å². The Labute approximate surface area is 108 Å². The number of ether oxygens (including phenoxy) is 1. The summed E-state index contributed by atoms with van der Waals surface area (Å²) in [5, 5.41) is 15.1. The molecule has 100 valence electrons. The van der Waals surface area contributed by atoms with E-state index >= 15 is 0 Å². The third-order valence-corrected chi connectivity index (χ3v) is 3.79. The van der Waals surface area contributed by atoms with Gasteiger partial charge in [-0.2, -0.15) is 5.26 Å². The minimum atomic E-state index is -0.667. The van der Waals surface area contributed by atoms with E-state index in [1.807, 2.05) is 0 Å². The summed E-state index contributed by atoms with van der Waals surface area (Å²) in [6.45, 7) is 1.28. The second-order valence-corrected chi connectivity index (χ2v) is 5.27. The Morgan fingerprint density at radius 2 is 2.00 bits per heavy atom. The fourth-order valence-corrected chi connectivity index (χ4v) is 2.68. The summed E-state index contributed by atoms with van der Waals surface area (Å²) in [5.41, 5.74) is -0.667. The quantitative estimate of drug-likeness (QED) is 0.733. The second kappa shape index (κ2) is 6.05. The maximum atomic E-state index is 11.9. The molecule has 1 aliphatic carbocycles. The molecule has 0 spiro atoms. The van der Waals surface area contributed by atoms with Gasteiger partial charge in [-0.1, -0.05) is 25.7 Å². The average molecular weight is 251 g/mol. The largest absolute Gasteiger partial charge is 0.379 e. The van der Waals surface area contributed by atoms with Crippen LogP contribution in [0.2, 0.25) is 0 Å². The van der Waals surface area contributed by atoms with Crippen LogP contribution >= 0.6 is 0 Å². The molecule has 5 nitrogen and oxygen atoms in total. The highest BCUT2D eigenvalue weighted by Gasteiger charge is 2.33. The number of hydrogen-bond donors (Lipinski definition) is 2. The molecule has 0 aromatic rings. The number of carbonyl (C=O) groups excluding carboxylic acids is 1. The first-order valence-corrected chi connectivity index (χ1v) is 6.82. The normalized spacial score (nSPS) is 26.9. The van der Waals surface area contributed by atoms with Crippen molar-refractivity contribution in [1.82, 2.24) is 10.6 Å². The first-order chi connectivity index (χ1) is 8.74. The number of rotatable bonds is 2. The van der Waals surface area contributed by atoms with Crippen LogP contribution in [0.3, 0.4) is 0 Å². The summed E-state index contributed by atoms with van der Waals surface area (Å²) >= 11 is 0. The molecule has 5 heteroatoms. The van der Waals surface area contributed by atoms with E-state index in [0.29, 0.717) is 13.2 Å². The lowest BCUT2D eigenvalue weighted by Gasteiger charge is -2.27. The van der Waals surface area contributed by atoms with Crippen molar-refractivity contribution in [3.05, 3.63) is 0 Å². The van der Waals surface area contributed by atoms with E-state index in [1.165, 1.54) is 0 Å². The molecule has 0 aromatic heterocycles. The third kappa shape index (κ3) is 3.36. The second-order valence-electron chi connectivity index (χ2n) is 5.27. The van der Waals surface area contributed by atoms with Gasteiger partial charge in [-0.15, -0.1) is 0 Å². The van der Waals surface area contributed by atoms with E-state index in [-0.39, 0.29) is 12.1 Å². The maximum absolute atomic E-state index is 11.9. The molecular weight excluding hydrogens is 230 g/mol. The number of nitrogens with one attached hydrogen (secondary N) is 2. The summed E-state index contributed by atoms with van der Waals surface area (Å²) in [5.74, 6) is 0. The molecule has 2 N–H and O–H groups in total. The van der Waals surface area contributed by atoms with Crippen LogP contribution in [-0.4, -0.2) is 30.8 Å². The summed E-state index contributed by atoms with van der Waals surface area (Å²) in [6, 6.07) is 2.17. The average Bonchev–Trinajstić information content (AvgIpc) is 2.74. The molecule has 1 saturated carbocycles. The molecule has 1 aliphatic heterocycles. The summed E-state index contributed by atoms with van der Waals surface area (Å²) in [4.78, 5) is 11.9. The number of carbonyl (C=O) groups is 1. The number of nitrogens with zero attached hydrogens (tertiary/aromatic N) is 1. The molecule has 1 atom stereocenters. The molecule has 2 fully saturated rings. The molecule has 18 heavy (non-hydrogen) atoms. The van der Waals surface area contributed by atoms with E-state index in [1.54, 1.807) is 0 Å². The molecule has 2 rings (SSSR count). The van der Waals surface area contributed by atoms with Crippen LogP contribution in [0.5, 0.6) is 0 Å². The Morgan fingerprint density at radius 3 is 2.56 bits per heavy atom. The zero-order valence-corrected chi connectivity index (χ0v) is 10.7. The molecule has 0 bridgehead atoms. The van der Waals surface area contributed by atoms with Gasteiger partial charge in [-0.3, -0.25) is 0 Å². The van der Waals surface area contributed by atoms with Gasteiger partial charge in [0.1, 0.15) is 5.54 Å². The lowest BCUT2D eigenvalue weighted by atomic mass is 9.92. The smallest absolute Gasteiger partial charge is 0.316 e. The zero-order chi connectivity index (χ0) is 12.8. The number of urea groups is 1. The molecule has 2 aliphatic rings. The molecule has 1 heterocycles. The molecule has 1 unspecified atom stereocenters. The van der Waals surface area contributed by atoms with Crippen LogP contribution in [0, 0.1) is 11.3 Å². The first-order valence-electron chi connectivity index (χ1n) is 6.82. The summed E-state index contributed by atoms with van der Waals surface area (Å²) in [6.07, 6.45) is 6.72. The van der Waals surface area contributed by atoms with Gasteiger partial charge < -0.3 is 15.4 Å². The van der Waals surface area contributed by atoms with E-state index in [0.717, 1.165) is 44.9 Å². The molecule has 0 aromatic carbocycles. The lowest BCUT2D eigenvalue weighted by molar-refractivity contribution is 0.187. The molecule has 0 radical (unpaired) electrons. The predicted octanol–water partition coefficient (Wildman–Crippen LogP) is 1.69. The fourth-order valence-electron chi connectivity index (χ4n) is 2.68. The fraction of sp³-hybridized carbons (Fsp3) is 0.846. The standard InChI is InChI=1S/C13H21N3O2/c14-10-13(6-3-1-2-4-7-13)16-12(17)15-11-5-8-18-9-11/h11H,1-9H2,(H2,15,16,17). The maximum Gasteiger partial charge on any atom is 0.316 e. The first kappa shape index (κ1) is 13.2. The zero-order valence-electron chi connectivity index (χ0n) is 10.7. The van der Waals surface area contributed by atoms with Gasteiger partial charge in [0.25, 0.3) is 0 Å². The van der Waals surface area contributed by atoms with Crippen molar-refractivity contribution >= 4 is 6.03 Å². The van der Waals surface area contributed by atoms with E-state index in [2.05, 4.69) is 16.7 Å². The van der Waals surface area contributed by atoms with E-state index in [9.17, 15) is 10.1 Å². The Kier molecular flexibility index (Phi) is 4.43. The van der Waals surface area contributed by atoms with Crippen molar-refractivity contribution in [2.45, 2.75) is 56.5 Å². The van der Waals surface area contributed by atoms with Crippen molar-refractivity contribution in [2.24, 2.45) is 0 Å². The van der Waals surface area contributed by atoms with Gasteiger partial charge in [-0.05, 0) is 19.3 Å². The summed E-state index contributed by atoms with van der Waals surface area (Å²) < 4.78 is 5.21. The topological polar surface area (TPSA) is 74.2 Å². The Bertz CT molecular complexity index is 324. The van der Waals surface area contributed by atoms with E-state index in [4.69, 9.17) is 4.74 Å². The molecule has 2 amide bonds.